The largest absolute Gasteiger partial charge is 0.468 e. The number of furan rings is 1. The molecule has 1 aliphatic heterocycles. The number of nitrogens with two attached hydrogens (primary N) is 1. The van der Waals surface area contributed by atoms with E-state index < -0.39 is 24.5 Å². The highest BCUT2D eigenvalue weighted by molar-refractivity contribution is 5.81. The molecule has 0 aromatic carbocycles. The predicted octanol–water partition coefficient (Wildman–Crippen LogP) is -0.658. The highest BCUT2D eigenvalue weighted by atomic mass is 16.6. The van der Waals surface area contributed by atoms with Crippen molar-refractivity contribution in [3.63, 3.8) is 0 Å². The van der Waals surface area contributed by atoms with Crippen LogP contribution < -0.4 is 11.1 Å². The van der Waals surface area contributed by atoms with E-state index in [0.717, 1.165) is 18.8 Å². The second-order valence-electron chi connectivity index (χ2n) is 7.15. The van der Waals surface area contributed by atoms with Crippen LogP contribution in [0.2, 0.25) is 0 Å². The van der Waals surface area contributed by atoms with Crippen molar-refractivity contribution in [1.29, 1.82) is 0 Å². The monoisotopic (exact) mass is 403 g/mol. The molecule has 0 aliphatic carbocycles. The molecule has 1 saturated heterocycles. The Morgan fingerprint density at radius 2 is 2.14 bits per heavy atom. The second-order valence-corrected chi connectivity index (χ2v) is 7.15. The summed E-state index contributed by atoms with van der Waals surface area (Å²) in [5, 5.41) is 24.3. The van der Waals surface area contributed by atoms with E-state index in [4.69, 9.17) is 14.9 Å². The van der Waals surface area contributed by atoms with Crippen molar-refractivity contribution in [2.45, 2.75) is 31.1 Å². The van der Waals surface area contributed by atoms with Crippen molar-refractivity contribution < 1.29 is 19.4 Å². The average molecular weight is 403 g/mol. The van der Waals surface area contributed by atoms with Gasteiger partial charge in [-0.25, -0.2) is 15.0 Å². The Bertz CT molecular complexity index is 932. The number of aliphatic hydroxyl groups excluding tert-OH is 2. The van der Waals surface area contributed by atoms with Gasteiger partial charge >= 0.3 is 0 Å². The molecular weight excluding hydrogens is 378 g/mol. The molecule has 4 atom stereocenters. The summed E-state index contributed by atoms with van der Waals surface area (Å²) in [6.07, 6.45) is 0.957. The lowest BCUT2D eigenvalue weighted by molar-refractivity contribution is -0.0420. The molecule has 0 spiro atoms. The van der Waals surface area contributed by atoms with Crippen molar-refractivity contribution >= 4 is 17.0 Å². The fraction of sp³-hybridized carbons (Fsp3) is 0.500. The number of imidazole rings is 1. The van der Waals surface area contributed by atoms with Gasteiger partial charge in [0.2, 0.25) is 0 Å². The quantitative estimate of drug-likeness (QED) is 0.357. The van der Waals surface area contributed by atoms with Crippen LogP contribution >= 0.6 is 0 Å². The summed E-state index contributed by atoms with van der Waals surface area (Å²) in [5.74, 6) is 1.13. The molecule has 156 valence electrons. The zero-order valence-corrected chi connectivity index (χ0v) is 16.0. The van der Waals surface area contributed by atoms with Crippen LogP contribution in [0, 0.1) is 0 Å². The number of aromatic nitrogens is 4. The Morgan fingerprint density at radius 1 is 1.28 bits per heavy atom. The number of rotatable bonds is 8. The number of nitrogen functional groups attached to an aromatic ring is 1. The van der Waals surface area contributed by atoms with Gasteiger partial charge in [0.25, 0.3) is 0 Å². The molecule has 0 unspecified atom stereocenters. The van der Waals surface area contributed by atoms with E-state index in [0.29, 0.717) is 24.3 Å². The summed E-state index contributed by atoms with van der Waals surface area (Å²) >= 11 is 0. The highest BCUT2D eigenvalue weighted by Crippen LogP contribution is 2.32. The molecule has 4 rings (SSSR count). The summed E-state index contributed by atoms with van der Waals surface area (Å²) in [5.41, 5.74) is 6.69. The maximum atomic E-state index is 10.5. The van der Waals surface area contributed by atoms with Crippen LogP contribution in [-0.2, 0) is 11.3 Å². The number of anilines is 1. The van der Waals surface area contributed by atoms with Gasteiger partial charge in [0.05, 0.1) is 19.1 Å². The number of fused-ring (bicyclic) bond motifs is 1. The molecule has 0 radical (unpaired) electrons. The first-order valence-electron chi connectivity index (χ1n) is 9.41. The van der Waals surface area contributed by atoms with Crippen LogP contribution in [0.25, 0.3) is 11.2 Å². The van der Waals surface area contributed by atoms with E-state index in [1.165, 1.54) is 12.7 Å². The second kappa shape index (κ2) is 8.43. The minimum Gasteiger partial charge on any atom is -0.468 e. The predicted molar refractivity (Wildman–Crippen MR) is 104 cm³/mol. The van der Waals surface area contributed by atoms with E-state index in [1.807, 2.05) is 24.1 Å². The maximum absolute atomic E-state index is 10.5. The number of nitrogens with one attached hydrogen (secondary N) is 1. The standard InChI is InChI=1S/C18H25N7O4/c1-24(5-4-20-7-11-3-2-6-28-11)8-12-14(26)15(27)18(29-12)25-10-23-13-16(19)21-9-22-17(13)25/h2-3,6,9-10,12,14-15,18,20,26-27H,4-5,7-8H2,1H3,(H2,19,21,22)/t12-,14-,15-,18-/m1/s1. The summed E-state index contributed by atoms with van der Waals surface area (Å²) in [6, 6.07) is 3.77. The van der Waals surface area contributed by atoms with Crippen molar-refractivity contribution in [2.24, 2.45) is 0 Å². The van der Waals surface area contributed by atoms with Crippen LogP contribution in [0.3, 0.4) is 0 Å². The molecule has 1 aliphatic rings. The van der Waals surface area contributed by atoms with Gasteiger partial charge in [0.15, 0.2) is 17.7 Å². The minimum absolute atomic E-state index is 0.250. The Morgan fingerprint density at radius 3 is 2.93 bits per heavy atom. The third kappa shape index (κ3) is 4.09. The average Bonchev–Trinajstić information content (AvgIpc) is 3.42. The minimum atomic E-state index is -1.11. The topological polar surface area (TPSA) is 148 Å². The molecule has 29 heavy (non-hydrogen) atoms. The lowest BCUT2D eigenvalue weighted by Gasteiger charge is -2.22. The normalized spacial score (nSPS) is 24.7. The molecule has 11 heteroatoms. The Kier molecular flexibility index (Phi) is 5.74. The molecule has 11 nitrogen and oxygen atoms in total. The molecule has 1 fully saturated rings. The first kappa shape index (κ1) is 19.7. The number of likely N-dealkylation sites (N-methyl/N-ethyl adjacent to an activating group) is 1. The van der Waals surface area contributed by atoms with Gasteiger partial charge in [-0.2, -0.15) is 0 Å². The number of hydrogen-bond donors (Lipinski definition) is 4. The lowest BCUT2D eigenvalue weighted by atomic mass is 10.1. The van der Waals surface area contributed by atoms with Crippen molar-refractivity contribution in [3.8, 4) is 0 Å². The Labute approximate surface area is 167 Å². The molecule has 0 bridgehead atoms. The van der Waals surface area contributed by atoms with Crippen molar-refractivity contribution in [1.82, 2.24) is 29.7 Å². The smallest absolute Gasteiger partial charge is 0.167 e. The summed E-state index contributed by atoms with van der Waals surface area (Å²) in [4.78, 5) is 14.3. The SMILES string of the molecule is CN(CCNCc1ccco1)C[C@H]1O[C@@H](n2cnc3c(N)ncnc32)[C@H](O)[C@@H]1O. The van der Waals surface area contributed by atoms with Crippen molar-refractivity contribution in [2.75, 3.05) is 32.4 Å². The van der Waals surface area contributed by atoms with Gasteiger partial charge in [-0.1, -0.05) is 0 Å². The third-order valence-electron chi connectivity index (χ3n) is 5.04. The van der Waals surface area contributed by atoms with E-state index in [2.05, 4.69) is 20.3 Å². The van der Waals surface area contributed by atoms with Gasteiger partial charge in [0.1, 0.15) is 35.9 Å². The molecular formula is C18H25N7O4. The van der Waals surface area contributed by atoms with E-state index in [9.17, 15) is 10.2 Å². The van der Waals surface area contributed by atoms with Crippen LogP contribution in [0.1, 0.15) is 12.0 Å². The lowest BCUT2D eigenvalue weighted by Crippen LogP contribution is -2.40. The van der Waals surface area contributed by atoms with Gasteiger partial charge in [-0.05, 0) is 19.2 Å². The van der Waals surface area contributed by atoms with Crippen LogP contribution in [-0.4, -0.2) is 79.6 Å². The number of nitrogens with zero attached hydrogens (tertiary/aromatic N) is 5. The number of ether oxygens (including phenoxy) is 1. The Hall–Kier alpha value is -2.57. The van der Waals surface area contributed by atoms with Crippen LogP contribution in [0.5, 0.6) is 0 Å². The summed E-state index contributed by atoms with van der Waals surface area (Å²) in [6.45, 7) is 2.60. The van der Waals surface area contributed by atoms with Gasteiger partial charge in [-0.15, -0.1) is 0 Å². The van der Waals surface area contributed by atoms with E-state index in [-0.39, 0.29) is 5.82 Å². The molecule has 0 amide bonds. The molecule has 5 N–H and O–H groups in total. The number of aliphatic hydroxyl groups is 2. The number of hydrogen-bond acceptors (Lipinski definition) is 10. The summed E-state index contributed by atoms with van der Waals surface area (Å²) < 4.78 is 12.8. The van der Waals surface area contributed by atoms with Crippen molar-refractivity contribution in [3.05, 3.63) is 36.8 Å². The maximum Gasteiger partial charge on any atom is 0.167 e. The zero-order chi connectivity index (χ0) is 20.4. The van der Waals surface area contributed by atoms with Gasteiger partial charge in [0, 0.05) is 19.6 Å². The van der Waals surface area contributed by atoms with Crippen LogP contribution in [0.15, 0.2) is 35.5 Å². The highest BCUT2D eigenvalue weighted by Gasteiger charge is 2.44. The first-order valence-corrected chi connectivity index (χ1v) is 9.41. The molecule has 4 heterocycles. The Balaban J connectivity index is 1.33. The molecule has 3 aromatic heterocycles. The fourth-order valence-electron chi connectivity index (χ4n) is 3.46. The van der Waals surface area contributed by atoms with E-state index in [1.54, 1.807) is 10.8 Å². The van der Waals surface area contributed by atoms with E-state index >= 15 is 0 Å². The first-order chi connectivity index (χ1) is 14.0. The van der Waals surface area contributed by atoms with Gasteiger partial charge in [-0.3, -0.25) is 4.57 Å². The third-order valence-corrected chi connectivity index (χ3v) is 5.04. The molecule has 0 saturated carbocycles. The van der Waals surface area contributed by atoms with Crippen LogP contribution in [0.4, 0.5) is 5.82 Å². The summed E-state index contributed by atoms with van der Waals surface area (Å²) in [7, 11) is 1.94. The zero-order valence-electron chi connectivity index (χ0n) is 16.0. The van der Waals surface area contributed by atoms with Gasteiger partial charge < -0.3 is 35.3 Å². The fourth-order valence-corrected chi connectivity index (χ4v) is 3.46. The molecule has 3 aromatic rings.